The standard InChI is InChI=1S/C7H16N4O2/c1-13-6(12)5(8)3-2-4-11-7(9)10/h5H,2-4,8H2,1H3,(H4,9,10,11)/p+2/t5-/m1/s1. The van der Waals surface area contributed by atoms with Gasteiger partial charge in [-0.15, -0.1) is 0 Å². The molecule has 0 fully saturated rings. The molecule has 0 rings (SSSR count). The van der Waals surface area contributed by atoms with Crippen LogP contribution >= 0.6 is 0 Å². The molecule has 0 spiro atoms. The minimum atomic E-state index is -0.314. The molecule has 0 saturated carbocycles. The quantitative estimate of drug-likeness (QED) is 0.152. The second-order valence-electron chi connectivity index (χ2n) is 2.74. The van der Waals surface area contributed by atoms with Crippen molar-refractivity contribution in [1.29, 1.82) is 0 Å². The van der Waals surface area contributed by atoms with Crippen molar-refractivity contribution in [2.45, 2.75) is 18.9 Å². The van der Waals surface area contributed by atoms with E-state index in [0.29, 0.717) is 13.0 Å². The summed E-state index contributed by atoms with van der Waals surface area (Å²) in [7, 11) is 1.35. The maximum absolute atomic E-state index is 10.9. The summed E-state index contributed by atoms with van der Waals surface area (Å²) in [5, 5.41) is 0. The molecule has 0 aliphatic rings. The summed E-state index contributed by atoms with van der Waals surface area (Å²) in [5.41, 5.74) is 14.0. The van der Waals surface area contributed by atoms with Crippen LogP contribution in [0, 0.1) is 0 Å². The van der Waals surface area contributed by atoms with Gasteiger partial charge in [-0.2, -0.15) is 0 Å². The number of quaternary nitrogens is 1. The first-order valence-corrected chi connectivity index (χ1v) is 4.10. The van der Waals surface area contributed by atoms with Gasteiger partial charge in [0.15, 0.2) is 6.04 Å². The van der Waals surface area contributed by atoms with Crippen molar-refractivity contribution in [3.8, 4) is 0 Å². The molecule has 0 saturated heterocycles. The Morgan fingerprint density at radius 1 is 1.62 bits per heavy atom. The smallest absolute Gasteiger partial charge is 0.364 e. The first kappa shape index (κ1) is 11.7. The summed E-state index contributed by atoms with van der Waals surface area (Å²) in [5.74, 6) is -0.0941. The molecule has 76 valence electrons. The second-order valence-corrected chi connectivity index (χ2v) is 2.74. The molecule has 0 radical (unpaired) electrons. The summed E-state index contributed by atoms with van der Waals surface area (Å²) in [6.45, 7) is 0.644. The van der Waals surface area contributed by atoms with Crippen molar-refractivity contribution in [3.05, 3.63) is 0 Å². The minimum Gasteiger partial charge on any atom is -0.465 e. The molecule has 1 atom stereocenters. The highest BCUT2D eigenvalue weighted by Gasteiger charge is 2.16. The number of hydrogen-bond donors (Lipinski definition) is 4. The molecule has 0 aromatic heterocycles. The lowest BCUT2D eigenvalue weighted by atomic mass is 10.2. The van der Waals surface area contributed by atoms with E-state index in [4.69, 9.17) is 11.5 Å². The molecule has 0 heterocycles. The molecule has 6 nitrogen and oxygen atoms in total. The van der Waals surface area contributed by atoms with Gasteiger partial charge in [-0.3, -0.25) is 16.5 Å². The molecule has 0 aliphatic heterocycles. The Hall–Kier alpha value is -1.30. The van der Waals surface area contributed by atoms with Gasteiger partial charge in [0.25, 0.3) is 0 Å². The molecule has 0 bridgehead atoms. The van der Waals surface area contributed by atoms with Crippen LogP contribution in [-0.4, -0.2) is 31.6 Å². The number of rotatable bonds is 5. The van der Waals surface area contributed by atoms with Gasteiger partial charge >= 0.3 is 11.9 Å². The van der Waals surface area contributed by atoms with Crippen molar-refractivity contribution < 1.29 is 20.3 Å². The number of nitrogens with one attached hydrogen (secondary N) is 1. The van der Waals surface area contributed by atoms with Crippen LogP contribution in [0.2, 0.25) is 0 Å². The predicted molar refractivity (Wildman–Crippen MR) is 47.1 cm³/mol. The van der Waals surface area contributed by atoms with E-state index in [1.165, 1.54) is 7.11 Å². The molecular formula is C7H18N4O2+2. The van der Waals surface area contributed by atoms with E-state index in [1.807, 2.05) is 0 Å². The molecule has 0 amide bonds. The first-order chi connectivity index (χ1) is 6.07. The van der Waals surface area contributed by atoms with E-state index in [1.54, 1.807) is 0 Å². The lowest BCUT2D eigenvalue weighted by Gasteiger charge is -2.03. The van der Waals surface area contributed by atoms with Crippen molar-refractivity contribution in [1.82, 2.24) is 0 Å². The molecule has 13 heavy (non-hydrogen) atoms. The van der Waals surface area contributed by atoms with Gasteiger partial charge in [0.2, 0.25) is 0 Å². The summed E-state index contributed by atoms with van der Waals surface area (Å²) in [6.07, 6.45) is 1.44. The fraction of sp³-hybridized carbons (Fsp3) is 0.714. The van der Waals surface area contributed by atoms with E-state index in [0.717, 1.165) is 6.42 Å². The van der Waals surface area contributed by atoms with Crippen LogP contribution in [0.25, 0.3) is 0 Å². The highest BCUT2D eigenvalue weighted by Crippen LogP contribution is 1.91. The average molecular weight is 190 g/mol. The van der Waals surface area contributed by atoms with Crippen LogP contribution in [-0.2, 0) is 9.53 Å². The number of hydrogen-bond acceptors (Lipinski definition) is 2. The fourth-order valence-corrected chi connectivity index (χ4v) is 0.866. The van der Waals surface area contributed by atoms with Crippen molar-refractivity contribution in [2.75, 3.05) is 13.7 Å². The van der Waals surface area contributed by atoms with E-state index >= 15 is 0 Å². The summed E-state index contributed by atoms with van der Waals surface area (Å²) < 4.78 is 4.51. The molecular weight excluding hydrogens is 172 g/mol. The monoisotopic (exact) mass is 190 g/mol. The first-order valence-electron chi connectivity index (χ1n) is 4.10. The zero-order chi connectivity index (χ0) is 10.3. The number of carbonyl (C=O) groups is 1. The van der Waals surface area contributed by atoms with Gasteiger partial charge in [-0.1, -0.05) is 0 Å². The Morgan fingerprint density at radius 2 is 2.23 bits per heavy atom. The maximum atomic E-state index is 10.9. The third-order valence-corrected chi connectivity index (χ3v) is 1.59. The minimum absolute atomic E-state index is 0.193. The predicted octanol–water partition coefficient (Wildman–Crippen LogP) is -4.10. The second kappa shape index (κ2) is 6.24. The van der Waals surface area contributed by atoms with Crippen LogP contribution in [0.15, 0.2) is 0 Å². The lowest BCUT2D eigenvalue weighted by molar-refractivity contribution is -0.463. The van der Waals surface area contributed by atoms with Crippen molar-refractivity contribution in [2.24, 2.45) is 11.5 Å². The van der Waals surface area contributed by atoms with Gasteiger partial charge in [0.1, 0.15) is 0 Å². The molecule has 8 N–H and O–H groups in total. The SMILES string of the molecule is COC(=O)[C@H]([NH3+])CCC[NH+]=C(N)N. The van der Waals surface area contributed by atoms with E-state index < -0.39 is 0 Å². The zero-order valence-electron chi connectivity index (χ0n) is 7.88. The molecule has 0 aliphatic carbocycles. The van der Waals surface area contributed by atoms with Gasteiger partial charge in [-0.05, 0) is 6.42 Å². The van der Waals surface area contributed by atoms with Crippen LogP contribution in [0.1, 0.15) is 12.8 Å². The van der Waals surface area contributed by atoms with E-state index in [9.17, 15) is 4.79 Å². The van der Waals surface area contributed by atoms with Crippen molar-refractivity contribution >= 4 is 11.9 Å². The highest BCUT2D eigenvalue weighted by molar-refractivity contribution is 5.73. The third kappa shape index (κ3) is 5.92. The average Bonchev–Trinajstić information content (AvgIpc) is 2.10. The number of nitrogens with two attached hydrogens (primary N) is 2. The van der Waals surface area contributed by atoms with Gasteiger partial charge in [0, 0.05) is 6.42 Å². The number of methoxy groups -OCH3 is 1. The number of ether oxygens (including phenoxy) is 1. The molecule has 6 heteroatoms. The van der Waals surface area contributed by atoms with E-state index in [-0.39, 0.29) is 18.0 Å². The van der Waals surface area contributed by atoms with Gasteiger partial charge < -0.3 is 10.5 Å². The number of carbonyl (C=O) groups excluding carboxylic acids is 1. The highest BCUT2D eigenvalue weighted by atomic mass is 16.5. The van der Waals surface area contributed by atoms with Gasteiger partial charge in [0.05, 0.1) is 13.7 Å². The van der Waals surface area contributed by atoms with Crippen LogP contribution in [0.3, 0.4) is 0 Å². The number of esters is 1. The Morgan fingerprint density at radius 3 is 2.69 bits per heavy atom. The molecule has 0 aromatic rings. The Labute approximate surface area is 77.1 Å². The summed E-state index contributed by atoms with van der Waals surface area (Å²) in [4.78, 5) is 13.6. The van der Waals surface area contributed by atoms with Crippen LogP contribution in [0.5, 0.6) is 0 Å². The van der Waals surface area contributed by atoms with Crippen molar-refractivity contribution in [3.63, 3.8) is 0 Å². The maximum Gasteiger partial charge on any atom is 0.364 e. The normalized spacial score (nSPS) is 11.8. The fourth-order valence-electron chi connectivity index (χ4n) is 0.866. The molecule has 0 unspecified atom stereocenters. The Kier molecular flexibility index (Phi) is 5.62. The Balaban J connectivity index is 3.53. The summed E-state index contributed by atoms with van der Waals surface area (Å²) in [6, 6.07) is -0.314. The zero-order valence-corrected chi connectivity index (χ0v) is 7.88. The van der Waals surface area contributed by atoms with Crippen LogP contribution in [0.4, 0.5) is 0 Å². The van der Waals surface area contributed by atoms with Crippen LogP contribution < -0.4 is 22.2 Å². The van der Waals surface area contributed by atoms with E-state index in [2.05, 4.69) is 15.5 Å². The third-order valence-electron chi connectivity index (χ3n) is 1.59. The molecule has 0 aromatic carbocycles. The summed E-state index contributed by atoms with van der Waals surface area (Å²) >= 11 is 0. The number of guanidine groups is 1. The largest absolute Gasteiger partial charge is 0.465 e. The lowest BCUT2D eigenvalue weighted by Crippen LogP contribution is -2.78. The Bertz CT molecular complexity index is 189. The topological polar surface area (TPSA) is 120 Å². The van der Waals surface area contributed by atoms with Gasteiger partial charge in [-0.25, -0.2) is 4.79 Å².